The summed E-state index contributed by atoms with van der Waals surface area (Å²) in [5.74, 6) is 0.843. The highest BCUT2D eigenvalue weighted by Gasteiger charge is 2.18. The predicted octanol–water partition coefficient (Wildman–Crippen LogP) is 12.6. The van der Waals surface area contributed by atoms with E-state index in [-0.39, 0.29) is 0 Å². The minimum Gasteiger partial charge on any atom is -0.455 e. The van der Waals surface area contributed by atoms with Crippen molar-refractivity contribution in [2.45, 2.75) is 39.5 Å². The summed E-state index contributed by atoms with van der Waals surface area (Å²) in [5.41, 5.74) is 10.4. The Hall–Kier alpha value is -5.54. The molecule has 3 nitrogen and oxygen atoms in total. The van der Waals surface area contributed by atoms with Crippen molar-refractivity contribution in [1.82, 2.24) is 9.97 Å². The molecule has 2 aromatic heterocycles. The van der Waals surface area contributed by atoms with E-state index in [0.29, 0.717) is 11.8 Å². The maximum Gasteiger partial charge on any atom is 0.143 e. The highest BCUT2D eigenvalue weighted by atomic mass is 16.3. The third-order valence-electron chi connectivity index (χ3n) is 9.83. The Morgan fingerprint density at radius 1 is 0.532 bits per heavy atom. The summed E-state index contributed by atoms with van der Waals surface area (Å²) in [4.78, 5) is 10.5. The summed E-state index contributed by atoms with van der Waals surface area (Å²) in [7, 11) is 0. The van der Waals surface area contributed by atoms with Gasteiger partial charge in [0.1, 0.15) is 11.2 Å². The van der Waals surface area contributed by atoms with Gasteiger partial charge in [0.15, 0.2) is 0 Å². The lowest BCUT2D eigenvalue weighted by molar-refractivity contribution is 0.670. The van der Waals surface area contributed by atoms with Crippen LogP contribution in [-0.4, -0.2) is 9.97 Å². The first kappa shape index (κ1) is 27.7. The fourth-order valence-electron chi connectivity index (χ4n) is 7.25. The third kappa shape index (κ3) is 4.34. The van der Waals surface area contributed by atoms with Gasteiger partial charge in [0.2, 0.25) is 0 Å². The Bertz CT molecular complexity index is 2700. The average molecular weight is 607 g/mol. The van der Waals surface area contributed by atoms with Gasteiger partial charge in [0.25, 0.3) is 0 Å². The van der Waals surface area contributed by atoms with E-state index in [1.807, 2.05) is 12.3 Å². The number of fused-ring (bicyclic) bond motifs is 11. The van der Waals surface area contributed by atoms with E-state index < -0.39 is 0 Å². The lowest BCUT2D eigenvalue weighted by Gasteiger charge is -2.15. The standard InChI is InChI=1S/C44H34N2O/c1-25(2)27-16-18-33-34-19-17-28(26(3)4)22-38(34)43-42(37(33)21-27)45-24-39(46-43)31-12-9-11-29(20-31)36-23-30-10-5-6-13-32(30)41-35-14-7-8-15-40(35)47-44(36)41/h5-26H,1-4H3. The number of aromatic nitrogens is 2. The summed E-state index contributed by atoms with van der Waals surface area (Å²) < 4.78 is 6.57. The molecule has 0 N–H and O–H groups in total. The Morgan fingerprint density at radius 2 is 1.19 bits per heavy atom. The highest BCUT2D eigenvalue weighted by Crippen LogP contribution is 2.42. The largest absolute Gasteiger partial charge is 0.455 e. The quantitative estimate of drug-likeness (QED) is 0.187. The molecule has 0 spiro atoms. The molecule has 0 saturated heterocycles. The third-order valence-corrected chi connectivity index (χ3v) is 9.83. The number of hydrogen-bond acceptors (Lipinski definition) is 3. The molecule has 0 bridgehead atoms. The van der Waals surface area contributed by atoms with Crippen LogP contribution >= 0.6 is 0 Å². The van der Waals surface area contributed by atoms with Gasteiger partial charge in [0.05, 0.1) is 22.9 Å². The molecule has 0 radical (unpaired) electrons. The van der Waals surface area contributed by atoms with Crippen LogP contribution in [0.3, 0.4) is 0 Å². The van der Waals surface area contributed by atoms with Crippen molar-refractivity contribution in [3.63, 3.8) is 0 Å². The number of benzene rings is 7. The summed E-state index contributed by atoms with van der Waals surface area (Å²) in [6.07, 6.45) is 1.94. The van der Waals surface area contributed by atoms with E-state index >= 15 is 0 Å². The normalized spacial score (nSPS) is 12.2. The topological polar surface area (TPSA) is 38.9 Å². The first-order chi connectivity index (χ1) is 22.9. The van der Waals surface area contributed by atoms with Gasteiger partial charge in [-0.15, -0.1) is 0 Å². The molecule has 7 aromatic carbocycles. The summed E-state index contributed by atoms with van der Waals surface area (Å²) in [6.45, 7) is 8.97. The van der Waals surface area contributed by atoms with Crippen LogP contribution in [0.5, 0.6) is 0 Å². The molecular weight excluding hydrogens is 572 g/mol. The van der Waals surface area contributed by atoms with Gasteiger partial charge < -0.3 is 4.42 Å². The molecule has 0 aliphatic rings. The van der Waals surface area contributed by atoms with E-state index in [1.54, 1.807) is 0 Å². The van der Waals surface area contributed by atoms with Crippen LogP contribution in [0, 0.1) is 0 Å². The number of furan rings is 1. The molecule has 9 aromatic rings. The van der Waals surface area contributed by atoms with E-state index in [9.17, 15) is 0 Å². The Labute approximate surface area is 273 Å². The summed E-state index contributed by atoms with van der Waals surface area (Å²) in [6, 6.07) is 41.5. The number of hydrogen-bond donors (Lipinski definition) is 0. The first-order valence-corrected chi connectivity index (χ1v) is 16.5. The average Bonchev–Trinajstić information content (AvgIpc) is 3.51. The van der Waals surface area contributed by atoms with E-state index in [0.717, 1.165) is 66.1 Å². The molecule has 0 unspecified atom stereocenters. The molecule has 0 atom stereocenters. The Balaban J connectivity index is 1.28. The maximum absolute atomic E-state index is 6.57. The zero-order valence-electron chi connectivity index (χ0n) is 27.0. The second kappa shape index (κ2) is 10.5. The fraction of sp³-hybridized carbons (Fsp3) is 0.136. The second-order valence-corrected chi connectivity index (χ2v) is 13.4. The SMILES string of the molecule is CC(C)c1ccc2c3ccc(C(C)C)cc3c3nc(-c4cccc(-c5cc6ccccc6c6c5oc5ccccc56)c4)cnc3c2c1. The van der Waals surface area contributed by atoms with Crippen molar-refractivity contribution in [2.75, 3.05) is 0 Å². The van der Waals surface area contributed by atoms with Crippen LogP contribution in [0.4, 0.5) is 0 Å². The summed E-state index contributed by atoms with van der Waals surface area (Å²) >= 11 is 0. The van der Waals surface area contributed by atoms with Gasteiger partial charge in [-0.3, -0.25) is 4.98 Å². The van der Waals surface area contributed by atoms with Gasteiger partial charge in [0, 0.05) is 32.7 Å². The molecule has 226 valence electrons. The minimum absolute atomic E-state index is 0.415. The maximum atomic E-state index is 6.57. The molecule has 0 amide bonds. The van der Waals surface area contributed by atoms with Crippen molar-refractivity contribution >= 4 is 65.3 Å². The first-order valence-electron chi connectivity index (χ1n) is 16.5. The zero-order valence-corrected chi connectivity index (χ0v) is 27.0. The number of nitrogens with zero attached hydrogens (tertiary/aromatic N) is 2. The smallest absolute Gasteiger partial charge is 0.143 e. The Kier molecular flexibility index (Phi) is 6.20. The molecule has 0 saturated carbocycles. The van der Waals surface area contributed by atoms with Gasteiger partial charge >= 0.3 is 0 Å². The molecule has 47 heavy (non-hydrogen) atoms. The van der Waals surface area contributed by atoms with Gasteiger partial charge in [-0.05, 0) is 80.4 Å². The Morgan fingerprint density at radius 3 is 1.94 bits per heavy atom. The molecule has 0 aliphatic carbocycles. The lowest BCUT2D eigenvalue weighted by Crippen LogP contribution is -1.95. The second-order valence-electron chi connectivity index (χ2n) is 13.4. The molecule has 3 heteroatoms. The zero-order chi connectivity index (χ0) is 31.8. The van der Waals surface area contributed by atoms with Crippen molar-refractivity contribution in [3.05, 3.63) is 133 Å². The summed E-state index contributed by atoms with van der Waals surface area (Å²) in [5, 5.41) is 9.44. The van der Waals surface area contributed by atoms with Crippen LogP contribution in [0.1, 0.15) is 50.7 Å². The van der Waals surface area contributed by atoms with E-state index in [1.165, 1.54) is 32.7 Å². The molecule has 2 heterocycles. The molecule has 0 fully saturated rings. The highest BCUT2D eigenvalue weighted by molar-refractivity contribution is 6.24. The molecule has 9 rings (SSSR count). The van der Waals surface area contributed by atoms with Gasteiger partial charge in [-0.1, -0.05) is 113 Å². The van der Waals surface area contributed by atoms with Crippen LogP contribution in [-0.2, 0) is 0 Å². The number of rotatable bonds is 4. The van der Waals surface area contributed by atoms with Crippen molar-refractivity contribution in [1.29, 1.82) is 0 Å². The van der Waals surface area contributed by atoms with E-state index in [2.05, 4.69) is 137 Å². The van der Waals surface area contributed by atoms with Crippen molar-refractivity contribution in [3.8, 4) is 22.4 Å². The number of para-hydroxylation sites is 1. The van der Waals surface area contributed by atoms with Gasteiger partial charge in [-0.2, -0.15) is 0 Å². The minimum atomic E-state index is 0.415. The lowest BCUT2D eigenvalue weighted by atomic mass is 9.92. The van der Waals surface area contributed by atoms with E-state index in [4.69, 9.17) is 14.4 Å². The van der Waals surface area contributed by atoms with Crippen LogP contribution in [0.2, 0.25) is 0 Å². The van der Waals surface area contributed by atoms with Crippen LogP contribution < -0.4 is 0 Å². The monoisotopic (exact) mass is 606 g/mol. The fourth-order valence-corrected chi connectivity index (χ4v) is 7.25. The predicted molar refractivity (Wildman–Crippen MR) is 198 cm³/mol. The van der Waals surface area contributed by atoms with Crippen LogP contribution in [0.15, 0.2) is 126 Å². The van der Waals surface area contributed by atoms with Crippen molar-refractivity contribution in [2.24, 2.45) is 0 Å². The molecular formula is C44H34N2O. The van der Waals surface area contributed by atoms with Crippen LogP contribution in [0.25, 0.3) is 87.7 Å². The van der Waals surface area contributed by atoms with Crippen molar-refractivity contribution < 1.29 is 4.42 Å². The molecule has 0 aliphatic heterocycles. The van der Waals surface area contributed by atoms with Gasteiger partial charge in [-0.25, -0.2) is 4.98 Å².